The first-order chi connectivity index (χ1) is 6.24. The molecular formula is C7H13N5O. The third kappa shape index (κ3) is 2.83. The largest absolute Gasteiger partial charge is 0.353 e. The molecule has 1 aromatic rings. The highest BCUT2D eigenvalue weighted by Gasteiger charge is 1.97. The Bertz CT molecular complexity index is 321. The van der Waals surface area contributed by atoms with Gasteiger partial charge in [0, 0.05) is 13.1 Å². The number of nitrogens with zero attached hydrogens (tertiary/aromatic N) is 2. The average molecular weight is 183 g/mol. The van der Waals surface area contributed by atoms with Gasteiger partial charge in [0.1, 0.15) is 5.69 Å². The number of H-pyrrole nitrogens is 1. The fourth-order valence-corrected chi connectivity index (χ4v) is 0.779. The van der Waals surface area contributed by atoms with Crippen LogP contribution in [0, 0.1) is 6.92 Å². The minimum Gasteiger partial charge on any atom is -0.353 e. The second kappa shape index (κ2) is 4.56. The summed E-state index contributed by atoms with van der Waals surface area (Å²) in [5.41, 5.74) is 0.168. The lowest BCUT2D eigenvalue weighted by Crippen LogP contribution is -2.22. The second-order valence-electron chi connectivity index (χ2n) is 2.62. The van der Waals surface area contributed by atoms with Gasteiger partial charge in [-0.3, -0.25) is 9.78 Å². The van der Waals surface area contributed by atoms with Crippen molar-refractivity contribution in [2.24, 2.45) is 0 Å². The van der Waals surface area contributed by atoms with E-state index in [1.54, 1.807) is 6.92 Å². The summed E-state index contributed by atoms with van der Waals surface area (Å²) in [5, 5.41) is 13.3. The predicted octanol–water partition coefficient (Wildman–Crippen LogP) is -0.895. The summed E-state index contributed by atoms with van der Waals surface area (Å²) in [6.07, 6.45) is 0. The maximum absolute atomic E-state index is 11.1. The van der Waals surface area contributed by atoms with E-state index < -0.39 is 0 Å². The van der Waals surface area contributed by atoms with Crippen LogP contribution in [-0.2, 0) is 0 Å². The molecule has 6 nitrogen and oxygen atoms in total. The molecule has 6 heteroatoms. The molecule has 1 heterocycles. The SMILES string of the molecule is CNCCNc1nnc(C)c(=O)[nH]1. The van der Waals surface area contributed by atoms with E-state index in [-0.39, 0.29) is 5.56 Å². The van der Waals surface area contributed by atoms with Crippen molar-refractivity contribution in [3.63, 3.8) is 0 Å². The molecule has 13 heavy (non-hydrogen) atoms. The third-order valence-corrected chi connectivity index (χ3v) is 1.53. The van der Waals surface area contributed by atoms with Crippen molar-refractivity contribution in [1.29, 1.82) is 0 Å². The van der Waals surface area contributed by atoms with Crippen LogP contribution >= 0.6 is 0 Å². The summed E-state index contributed by atoms with van der Waals surface area (Å²) in [6.45, 7) is 3.12. The Balaban J connectivity index is 2.58. The number of aryl methyl sites for hydroxylation is 1. The van der Waals surface area contributed by atoms with E-state index in [1.165, 1.54) is 0 Å². The lowest BCUT2D eigenvalue weighted by atomic mass is 10.5. The van der Waals surface area contributed by atoms with Gasteiger partial charge in [-0.1, -0.05) is 0 Å². The Labute approximate surface area is 75.8 Å². The first-order valence-electron chi connectivity index (χ1n) is 4.06. The molecule has 0 radical (unpaired) electrons. The lowest BCUT2D eigenvalue weighted by Gasteiger charge is -2.02. The molecule has 0 unspecified atom stereocenters. The zero-order chi connectivity index (χ0) is 9.68. The van der Waals surface area contributed by atoms with Crippen molar-refractivity contribution in [2.75, 3.05) is 25.5 Å². The first kappa shape index (κ1) is 9.66. The van der Waals surface area contributed by atoms with Crippen LogP contribution in [0.1, 0.15) is 5.69 Å². The molecule has 0 saturated heterocycles. The van der Waals surface area contributed by atoms with E-state index in [1.807, 2.05) is 7.05 Å². The molecule has 72 valence electrons. The van der Waals surface area contributed by atoms with Crippen LogP contribution in [0.3, 0.4) is 0 Å². The smallest absolute Gasteiger partial charge is 0.273 e. The molecule has 0 aliphatic heterocycles. The molecule has 0 aliphatic carbocycles. The number of nitrogens with one attached hydrogen (secondary N) is 3. The average Bonchev–Trinajstić information content (AvgIpc) is 2.12. The molecule has 0 fully saturated rings. The lowest BCUT2D eigenvalue weighted by molar-refractivity contribution is 0.806. The summed E-state index contributed by atoms with van der Waals surface area (Å²) >= 11 is 0. The predicted molar refractivity (Wildman–Crippen MR) is 49.8 cm³/mol. The summed E-state index contributed by atoms with van der Waals surface area (Å²) in [7, 11) is 1.85. The molecule has 0 saturated carbocycles. The van der Waals surface area contributed by atoms with Crippen molar-refractivity contribution in [3.8, 4) is 0 Å². The van der Waals surface area contributed by atoms with E-state index >= 15 is 0 Å². The number of rotatable bonds is 4. The molecule has 0 aromatic carbocycles. The molecule has 0 bridgehead atoms. The topological polar surface area (TPSA) is 82.7 Å². The normalized spacial score (nSPS) is 10.0. The van der Waals surface area contributed by atoms with Crippen LogP contribution in [0.4, 0.5) is 5.95 Å². The maximum atomic E-state index is 11.1. The van der Waals surface area contributed by atoms with Crippen LogP contribution in [0.2, 0.25) is 0 Å². The van der Waals surface area contributed by atoms with Crippen LogP contribution in [0.5, 0.6) is 0 Å². The Hall–Kier alpha value is -1.43. The summed E-state index contributed by atoms with van der Waals surface area (Å²) < 4.78 is 0. The van der Waals surface area contributed by atoms with E-state index in [0.29, 0.717) is 18.2 Å². The second-order valence-corrected chi connectivity index (χ2v) is 2.62. The highest BCUT2D eigenvalue weighted by molar-refractivity contribution is 5.20. The van der Waals surface area contributed by atoms with Crippen LogP contribution in [-0.4, -0.2) is 35.3 Å². The van der Waals surface area contributed by atoms with Gasteiger partial charge >= 0.3 is 0 Å². The fraction of sp³-hybridized carbons (Fsp3) is 0.571. The van der Waals surface area contributed by atoms with E-state index in [0.717, 1.165) is 6.54 Å². The van der Waals surface area contributed by atoms with E-state index in [2.05, 4.69) is 25.8 Å². The van der Waals surface area contributed by atoms with E-state index in [4.69, 9.17) is 0 Å². The summed E-state index contributed by atoms with van der Waals surface area (Å²) in [5.74, 6) is 0.408. The summed E-state index contributed by atoms with van der Waals surface area (Å²) in [6, 6.07) is 0. The van der Waals surface area contributed by atoms with Crippen LogP contribution in [0.15, 0.2) is 4.79 Å². The molecule has 0 aliphatic rings. The van der Waals surface area contributed by atoms with Gasteiger partial charge in [-0.25, -0.2) is 0 Å². The van der Waals surface area contributed by atoms with Gasteiger partial charge in [-0.05, 0) is 14.0 Å². The first-order valence-corrected chi connectivity index (χ1v) is 4.06. The number of aromatic nitrogens is 3. The zero-order valence-corrected chi connectivity index (χ0v) is 7.72. The van der Waals surface area contributed by atoms with Crippen molar-refractivity contribution in [2.45, 2.75) is 6.92 Å². The molecule has 0 atom stereocenters. The van der Waals surface area contributed by atoms with Gasteiger partial charge in [0.05, 0.1) is 0 Å². The maximum Gasteiger partial charge on any atom is 0.273 e. The Morgan fingerprint density at radius 3 is 2.77 bits per heavy atom. The minimum atomic E-state index is -0.207. The molecule has 1 aromatic heterocycles. The highest BCUT2D eigenvalue weighted by Crippen LogP contribution is 1.88. The molecule has 3 N–H and O–H groups in total. The molecular weight excluding hydrogens is 170 g/mol. The Morgan fingerprint density at radius 1 is 1.38 bits per heavy atom. The van der Waals surface area contributed by atoms with Crippen LogP contribution in [0.25, 0.3) is 0 Å². The number of hydrogen-bond acceptors (Lipinski definition) is 5. The highest BCUT2D eigenvalue weighted by atomic mass is 16.1. The minimum absolute atomic E-state index is 0.207. The monoisotopic (exact) mass is 183 g/mol. The number of anilines is 1. The number of likely N-dealkylation sites (N-methyl/N-ethyl adjacent to an activating group) is 1. The van der Waals surface area contributed by atoms with E-state index in [9.17, 15) is 4.79 Å². The van der Waals surface area contributed by atoms with Crippen molar-refractivity contribution < 1.29 is 0 Å². The molecule has 0 spiro atoms. The van der Waals surface area contributed by atoms with Gasteiger partial charge < -0.3 is 10.6 Å². The van der Waals surface area contributed by atoms with Gasteiger partial charge in [0.15, 0.2) is 0 Å². The van der Waals surface area contributed by atoms with Gasteiger partial charge in [0.2, 0.25) is 5.95 Å². The van der Waals surface area contributed by atoms with Gasteiger partial charge in [-0.2, -0.15) is 0 Å². The van der Waals surface area contributed by atoms with Gasteiger partial charge in [0.25, 0.3) is 5.56 Å². The summed E-state index contributed by atoms with van der Waals surface area (Å²) in [4.78, 5) is 13.6. The third-order valence-electron chi connectivity index (χ3n) is 1.53. The zero-order valence-electron chi connectivity index (χ0n) is 7.72. The Kier molecular flexibility index (Phi) is 3.39. The molecule has 1 rings (SSSR count). The van der Waals surface area contributed by atoms with Crippen molar-refractivity contribution in [1.82, 2.24) is 20.5 Å². The molecule has 0 amide bonds. The standard InChI is InChI=1S/C7H13N5O/c1-5-6(13)10-7(12-11-5)9-4-3-8-2/h8H,3-4H2,1-2H3,(H2,9,10,12,13). The Morgan fingerprint density at radius 2 is 2.15 bits per heavy atom. The van der Waals surface area contributed by atoms with Crippen molar-refractivity contribution in [3.05, 3.63) is 16.0 Å². The van der Waals surface area contributed by atoms with Crippen LogP contribution < -0.4 is 16.2 Å². The van der Waals surface area contributed by atoms with Gasteiger partial charge in [-0.15, -0.1) is 10.2 Å². The number of aromatic amines is 1. The van der Waals surface area contributed by atoms with Crippen molar-refractivity contribution >= 4 is 5.95 Å². The number of hydrogen-bond donors (Lipinski definition) is 3. The fourth-order valence-electron chi connectivity index (χ4n) is 0.779. The quantitative estimate of drug-likeness (QED) is 0.527.